The molecule has 1 aromatic rings. The molecule has 2 N–H and O–H groups in total. The summed E-state index contributed by atoms with van der Waals surface area (Å²) in [4.78, 5) is 25.0. The molecule has 3 rings (SSSR count). The fraction of sp³-hybridized carbons (Fsp3) is 0.619. The van der Waals surface area contributed by atoms with Gasteiger partial charge in [0.2, 0.25) is 11.8 Å². The van der Waals surface area contributed by atoms with Crippen LogP contribution in [0, 0.1) is 11.8 Å². The Hall–Kier alpha value is -1.55. The summed E-state index contributed by atoms with van der Waals surface area (Å²) in [5, 5.41) is 6.88. The Kier molecular flexibility index (Phi) is 6.95. The van der Waals surface area contributed by atoms with E-state index >= 15 is 0 Å². The van der Waals surface area contributed by atoms with Crippen LogP contribution in [0.5, 0.6) is 0 Å². The Balaban J connectivity index is 1.43. The van der Waals surface area contributed by atoms with Crippen molar-refractivity contribution < 1.29 is 9.59 Å². The van der Waals surface area contributed by atoms with Gasteiger partial charge in [-0.15, -0.1) is 0 Å². The van der Waals surface area contributed by atoms with Crippen molar-refractivity contribution >= 4 is 29.1 Å². The molecule has 0 unspecified atom stereocenters. The van der Waals surface area contributed by atoms with Crippen LogP contribution >= 0.6 is 11.6 Å². The molecule has 2 saturated carbocycles. The van der Waals surface area contributed by atoms with Gasteiger partial charge in [-0.1, -0.05) is 37.3 Å². The van der Waals surface area contributed by atoms with Crippen LogP contribution in [0.4, 0.5) is 5.69 Å². The van der Waals surface area contributed by atoms with Crippen LogP contribution in [0.15, 0.2) is 24.3 Å². The van der Waals surface area contributed by atoms with Gasteiger partial charge < -0.3 is 10.6 Å². The number of anilines is 1. The Morgan fingerprint density at radius 1 is 0.769 bits per heavy atom. The standard InChI is InChI=1S/C21H29ClN2O2/c22-17-11-13-19(14-12-17)24-21(26)16-9-7-15(8-10-16)20(25)23-18-5-3-1-2-4-6-18/h11-16,18H,1-10H2,(H,23,25)(H,24,26). The van der Waals surface area contributed by atoms with Crippen molar-refractivity contribution in [2.24, 2.45) is 11.8 Å². The summed E-state index contributed by atoms with van der Waals surface area (Å²) in [7, 11) is 0. The summed E-state index contributed by atoms with van der Waals surface area (Å²) in [5.74, 6) is 0.314. The lowest BCUT2D eigenvalue weighted by molar-refractivity contribution is -0.129. The first-order valence-electron chi connectivity index (χ1n) is 9.98. The van der Waals surface area contributed by atoms with E-state index in [9.17, 15) is 9.59 Å². The lowest BCUT2D eigenvalue weighted by atomic mass is 9.81. The van der Waals surface area contributed by atoms with E-state index in [-0.39, 0.29) is 23.7 Å². The number of rotatable bonds is 4. The predicted octanol–water partition coefficient (Wildman–Crippen LogP) is 4.92. The van der Waals surface area contributed by atoms with Gasteiger partial charge in [0.1, 0.15) is 0 Å². The minimum Gasteiger partial charge on any atom is -0.353 e. The van der Waals surface area contributed by atoms with E-state index in [1.54, 1.807) is 12.1 Å². The number of halogens is 1. The molecule has 142 valence electrons. The lowest BCUT2D eigenvalue weighted by Gasteiger charge is -2.28. The van der Waals surface area contributed by atoms with Gasteiger partial charge >= 0.3 is 0 Å². The maximum Gasteiger partial charge on any atom is 0.227 e. The van der Waals surface area contributed by atoms with E-state index in [4.69, 9.17) is 11.6 Å². The molecule has 4 nitrogen and oxygen atoms in total. The quantitative estimate of drug-likeness (QED) is 0.732. The first-order chi connectivity index (χ1) is 12.6. The Morgan fingerprint density at radius 3 is 1.88 bits per heavy atom. The van der Waals surface area contributed by atoms with Crippen LogP contribution in [-0.4, -0.2) is 17.9 Å². The van der Waals surface area contributed by atoms with Crippen molar-refractivity contribution in [1.29, 1.82) is 0 Å². The zero-order chi connectivity index (χ0) is 18.4. The Labute approximate surface area is 161 Å². The summed E-state index contributed by atoms with van der Waals surface area (Å²) in [6.45, 7) is 0. The third-order valence-corrected chi connectivity index (χ3v) is 6.03. The first-order valence-corrected chi connectivity index (χ1v) is 10.4. The van der Waals surface area contributed by atoms with Gasteiger partial charge in [-0.05, 0) is 62.8 Å². The molecule has 2 aliphatic carbocycles. The Morgan fingerprint density at radius 2 is 1.31 bits per heavy atom. The smallest absolute Gasteiger partial charge is 0.227 e. The van der Waals surface area contributed by atoms with Gasteiger partial charge in [-0.25, -0.2) is 0 Å². The van der Waals surface area contributed by atoms with Crippen LogP contribution in [0.25, 0.3) is 0 Å². The van der Waals surface area contributed by atoms with Crippen molar-refractivity contribution in [3.8, 4) is 0 Å². The molecule has 26 heavy (non-hydrogen) atoms. The van der Waals surface area contributed by atoms with E-state index in [2.05, 4.69) is 10.6 Å². The largest absolute Gasteiger partial charge is 0.353 e. The van der Waals surface area contributed by atoms with Crippen molar-refractivity contribution in [2.75, 3.05) is 5.32 Å². The maximum atomic E-state index is 12.6. The van der Waals surface area contributed by atoms with Crippen LogP contribution in [-0.2, 0) is 9.59 Å². The monoisotopic (exact) mass is 376 g/mol. The Bertz CT molecular complexity index is 601. The molecule has 0 radical (unpaired) electrons. The molecule has 0 saturated heterocycles. The van der Waals surface area contributed by atoms with Gasteiger partial charge in [0.05, 0.1) is 0 Å². The lowest BCUT2D eigenvalue weighted by Crippen LogP contribution is -2.40. The second-order valence-corrected chi connectivity index (χ2v) is 8.18. The normalized spacial score (nSPS) is 24.5. The average Bonchev–Trinajstić information content (AvgIpc) is 2.92. The second-order valence-electron chi connectivity index (χ2n) is 7.74. The summed E-state index contributed by atoms with van der Waals surface area (Å²) in [6.07, 6.45) is 10.4. The fourth-order valence-electron chi connectivity index (χ4n) is 4.14. The highest BCUT2D eigenvalue weighted by molar-refractivity contribution is 6.30. The number of hydrogen-bond donors (Lipinski definition) is 2. The molecule has 5 heteroatoms. The molecule has 0 aliphatic heterocycles. The van der Waals surface area contributed by atoms with E-state index in [1.807, 2.05) is 12.1 Å². The molecule has 0 heterocycles. The third kappa shape index (κ3) is 5.47. The minimum atomic E-state index is -0.00684. The van der Waals surface area contributed by atoms with E-state index in [0.29, 0.717) is 11.1 Å². The molecule has 1 aromatic carbocycles. The number of benzene rings is 1. The maximum absolute atomic E-state index is 12.6. The van der Waals surface area contributed by atoms with Crippen LogP contribution in [0.1, 0.15) is 64.2 Å². The fourth-order valence-corrected chi connectivity index (χ4v) is 4.26. The van der Waals surface area contributed by atoms with Gasteiger partial charge in [-0.3, -0.25) is 9.59 Å². The molecule has 2 fully saturated rings. The highest BCUT2D eigenvalue weighted by atomic mass is 35.5. The van der Waals surface area contributed by atoms with Crippen molar-refractivity contribution in [2.45, 2.75) is 70.3 Å². The SMILES string of the molecule is O=C(Nc1ccc(Cl)cc1)C1CCC(C(=O)NC2CCCCCC2)CC1. The van der Waals surface area contributed by atoms with Gasteiger partial charge in [0.15, 0.2) is 0 Å². The number of carbonyl (C=O) groups excluding carboxylic acids is 2. The number of carbonyl (C=O) groups is 2. The molecular weight excluding hydrogens is 348 g/mol. The second kappa shape index (κ2) is 9.40. The predicted molar refractivity (Wildman–Crippen MR) is 105 cm³/mol. The highest BCUT2D eigenvalue weighted by Crippen LogP contribution is 2.30. The summed E-state index contributed by atoms with van der Waals surface area (Å²) < 4.78 is 0. The first kappa shape index (κ1) is 19.2. The molecular formula is C21H29ClN2O2. The zero-order valence-electron chi connectivity index (χ0n) is 15.3. The van der Waals surface area contributed by atoms with Crippen LogP contribution in [0.3, 0.4) is 0 Å². The van der Waals surface area contributed by atoms with Gasteiger partial charge in [0, 0.05) is 28.6 Å². The number of nitrogens with one attached hydrogen (secondary N) is 2. The minimum absolute atomic E-state index is 0.00684. The van der Waals surface area contributed by atoms with Gasteiger partial charge in [-0.2, -0.15) is 0 Å². The van der Waals surface area contributed by atoms with E-state index in [1.165, 1.54) is 25.7 Å². The molecule has 0 aromatic heterocycles. The molecule has 2 amide bonds. The molecule has 2 aliphatic rings. The van der Waals surface area contributed by atoms with Gasteiger partial charge in [0.25, 0.3) is 0 Å². The van der Waals surface area contributed by atoms with Crippen molar-refractivity contribution in [3.05, 3.63) is 29.3 Å². The van der Waals surface area contributed by atoms with E-state index < -0.39 is 0 Å². The summed E-state index contributed by atoms with van der Waals surface area (Å²) in [5.41, 5.74) is 0.771. The van der Waals surface area contributed by atoms with E-state index in [0.717, 1.165) is 44.2 Å². The van der Waals surface area contributed by atoms with Crippen LogP contribution < -0.4 is 10.6 Å². The average molecular weight is 377 g/mol. The summed E-state index contributed by atoms with van der Waals surface area (Å²) in [6, 6.07) is 7.52. The highest BCUT2D eigenvalue weighted by Gasteiger charge is 2.30. The van der Waals surface area contributed by atoms with Crippen LogP contribution in [0.2, 0.25) is 5.02 Å². The number of hydrogen-bond acceptors (Lipinski definition) is 2. The molecule has 0 spiro atoms. The third-order valence-electron chi connectivity index (χ3n) is 5.78. The summed E-state index contributed by atoms with van der Waals surface area (Å²) >= 11 is 5.87. The number of amides is 2. The van der Waals surface area contributed by atoms with Crippen molar-refractivity contribution in [1.82, 2.24) is 5.32 Å². The zero-order valence-corrected chi connectivity index (χ0v) is 16.1. The molecule has 0 atom stereocenters. The topological polar surface area (TPSA) is 58.2 Å². The molecule has 0 bridgehead atoms. The van der Waals surface area contributed by atoms with Crippen molar-refractivity contribution in [3.63, 3.8) is 0 Å².